The fourth-order valence-electron chi connectivity index (χ4n) is 1.64. The van der Waals surface area contributed by atoms with Crippen molar-refractivity contribution in [3.05, 3.63) is 57.5 Å². The molecule has 1 atom stereocenters. The van der Waals surface area contributed by atoms with Gasteiger partial charge in [0.05, 0.1) is 5.02 Å². The van der Waals surface area contributed by atoms with Gasteiger partial charge in [-0.1, -0.05) is 34.8 Å². The second-order valence-electron chi connectivity index (χ2n) is 4.43. The van der Waals surface area contributed by atoms with Gasteiger partial charge in [0, 0.05) is 28.3 Å². The van der Waals surface area contributed by atoms with Gasteiger partial charge in [0.2, 0.25) is 0 Å². The molecule has 112 valence electrons. The summed E-state index contributed by atoms with van der Waals surface area (Å²) in [7, 11) is 0. The molecular weight excluding hydrogens is 333 g/mol. The summed E-state index contributed by atoms with van der Waals surface area (Å²) in [5, 5.41) is 14.6. The maximum atomic E-state index is 9.90. The summed E-state index contributed by atoms with van der Waals surface area (Å²) in [4.78, 5) is 0. The van der Waals surface area contributed by atoms with Gasteiger partial charge in [-0.25, -0.2) is 0 Å². The molecule has 6 heteroatoms. The van der Waals surface area contributed by atoms with E-state index in [1.54, 1.807) is 30.3 Å². The lowest BCUT2D eigenvalue weighted by atomic mass is 10.3. The van der Waals surface area contributed by atoms with Gasteiger partial charge in [-0.3, -0.25) is 0 Å². The van der Waals surface area contributed by atoms with Gasteiger partial charge in [-0.05, 0) is 36.4 Å². The normalized spacial score (nSPS) is 12.0. The Labute approximate surface area is 138 Å². The average molecular weight is 347 g/mol. The largest absolute Gasteiger partial charge is 0.489 e. The number of ether oxygens (including phenoxy) is 1. The first-order valence-electron chi connectivity index (χ1n) is 6.30. The molecular formula is C15H14Cl3NO2. The van der Waals surface area contributed by atoms with Crippen molar-refractivity contribution in [1.29, 1.82) is 0 Å². The lowest BCUT2D eigenvalue weighted by Crippen LogP contribution is -2.26. The van der Waals surface area contributed by atoms with E-state index < -0.39 is 6.10 Å². The van der Waals surface area contributed by atoms with Crippen LogP contribution in [0.1, 0.15) is 0 Å². The third-order valence-corrected chi connectivity index (χ3v) is 3.51. The molecule has 21 heavy (non-hydrogen) atoms. The summed E-state index contributed by atoms with van der Waals surface area (Å²) in [5.41, 5.74) is 0.874. The number of rotatable bonds is 6. The number of nitrogens with one attached hydrogen (secondary N) is 1. The van der Waals surface area contributed by atoms with Gasteiger partial charge in [-0.2, -0.15) is 0 Å². The smallest absolute Gasteiger partial charge is 0.139 e. The number of benzene rings is 2. The lowest BCUT2D eigenvalue weighted by molar-refractivity contribution is 0.117. The summed E-state index contributed by atoms with van der Waals surface area (Å²) in [5.74, 6) is 0.453. The molecule has 2 rings (SSSR count). The van der Waals surface area contributed by atoms with Crippen LogP contribution < -0.4 is 10.1 Å². The quantitative estimate of drug-likeness (QED) is 0.809. The number of hydrogen-bond acceptors (Lipinski definition) is 3. The molecule has 0 saturated heterocycles. The van der Waals surface area contributed by atoms with Crippen LogP contribution in [-0.4, -0.2) is 24.4 Å². The predicted molar refractivity (Wildman–Crippen MR) is 87.9 cm³/mol. The summed E-state index contributed by atoms with van der Waals surface area (Å²) in [6, 6.07) is 12.2. The van der Waals surface area contributed by atoms with Crippen LogP contribution in [0.15, 0.2) is 42.5 Å². The van der Waals surface area contributed by atoms with Crippen molar-refractivity contribution in [2.75, 3.05) is 18.5 Å². The molecule has 1 unspecified atom stereocenters. The number of anilines is 1. The maximum absolute atomic E-state index is 9.90. The van der Waals surface area contributed by atoms with Crippen LogP contribution in [-0.2, 0) is 0 Å². The first-order chi connectivity index (χ1) is 10.0. The average Bonchev–Trinajstić information content (AvgIpc) is 2.47. The van der Waals surface area contributed by atoms with Crippen LogP contribution in [0.25, 0.3) is 0 Å². The minimum absolute atomic E-state index is 0.112. The number of halogens is 3. The van der Waals surface area contributed by atoms with Crippen LogP contribution in [0.4, 0.5) is 5.69 Å². The standard InChI is InChI=1S/C15H14Cl3NO2/c16-10-1-4-12(5-2-10)19-8-13(20)9-21-15-7-11(17)3-6-14(15)18/h1-7,13,19-20H,8-9H2. The summed E-state index contributed by atoms with van der Waals surface area (Å²) < 4.78 is 5.46. The molecule has 2 aromatic carbocycles. The lowest BCUT2D eigenvalue weighted by Gasteiger charge is -2.15. The van der Waals surface area contributed by atoms with E-state index in [0.717, 1.165) is 5.69 Å². The highest BCUT2D eigenvalue weighted by Crippen LogP contribution is 2.27. The molecule has 0 heterocycles. The van der Waals surface area contributed by atoms with Crippen molar-refractivity contribution in [2.24, 2.45) is 0 Å². The molecule has 0 radical (unpaired) electrons. The molecule has 0 spiro atoms. The van der Waals surface area contributed by atoms with Gasteiger partial charge in [0.1, 0.15) is 18.5 Å². The van der Waals surface area contributed by atoms with Gasteiger partial charge in [0.15, 0.2) is 0 Å². The van der Waals surface area contributed by atoms with Crippen molar-refractivity contribution >= 4 is 40.5 Å². The van der Waals surface area contributed by atoms with Crippen molar-refractivity contribution < 1.29 is 9.84 Å². The molecule has 0 saturated carbocycles. The molecule has 2 N–H and O–H groups in total. The Morgan fingerprint density at radius 1 is 1.00 bits per heavy atom. The van der Waals surface area contributed by atoms with Crippen molar-refractivity contribution in [3.63, 3.8) is 0 Å². The zero-order valence-corrected chi connectivity index (χ0v) is 13.3. The first kappa shape index (κ1) is 16.2. The molecule has 0 aliphatic carbocycles. The Hall–Kier alpha value is -1.13. The highest BCUT2D eigenvalue weighted by atomic mass is 35.5. The summed E-state index contributed by atoms with van der Waals surface area (Å²) in [6.45, 7) is 0.459. The zero-order chi connectivity index (χ0) is 15.2. The van der Waals surface area contributed by atoms with E-state index in [-0.39, 0.29) is 6.61 Å². The van der Waals surface area contributed by atoms with Gasteiger partial charge < -0.3 is 15.2 Å². The highest BCUT2D eigenvalue weighted by Gasteiger charge is 2.08. The molecule has 0 aromatic heterocycles. The van der Waals surface area contributed by atoms with Crippen LogP contribution in [0, 0.1) is 0 Å². The molecule has 2 aromatic rings. The second-order valence-corrected chi connectivity index (χ2v) is 5.71. The second kappa shape index (κ2) is 7.76. The maximum Gasteiger partial charge on any atom is 0.139 e. The van der Waals surface area contributed by atoms with Crippen molar-refractivity contribution in [2.45, 2.75) is 6.10 Å². The monoisotopic (exact) mass is 345 g/mol. The Morgan fingerprint density at radius 3 is 2.38 bits per heavy atom. The topological polar surface area (TPSA) is 41.5 Å². The number of aliphatic hydroxyl groups is 1. The third-order valence-electron chi connectivity index (χ3n) is 2.71. The zero-order valence-electron chi connectivity index (χ0n) is 11.0. The Balaban J connectivity index is 1.80. The molecule has 0 aliphatic heterocycles. The predicted octanol–water partition coefficient (Wildman–Crippen LogP) is 4.50. The Bertz CT molecular complexity index is 590. The highest BCUT2D eigenvalue weighted by molar-refractivity contribution is 6.34. The summed E-state index contributed by atoms with van der Waals surface area (Å²) >= 11 is 17.6. The Kier molecular flexibility index (Phi) is 6.00. The summed E-state index contributed by atoms with van der Waals surface area (Å²) in [6.07, 6.45) is -0.685. The van der Waals surface area contributed by atoms with Crippen molar-refractivity contribution in [3.8, 4) is 5.75 Å². The van der Waals surface area contributed by atoms with Crippen LogP contribution in [0.3, 0.4) is 0 Å². The van der Waals surface area contributed by atoms with Crippen molar-refractivity contribution in [1.82, 2.24) is 0 Å². The minimum Gasteiger partial charge on any atom is -0.489 e. The number of aliphatic hydroxyl groups excluding tert-OH is 1. The first-order valence-corrected chi connectivity index (χ1v) is 7.43. The number of hydrogen-bond donors (Lipinski definition) is 2. The van der Waals surface area contributed by atoms with Crippen LogP contribution in [0.2, 0.25) is 15.1 Å². The fraction of sp³-hybridized carbons (Fsp3) is 0.200. The van der Waals surface area contributed by atoms with E-state index in [4.69, 9.17) is 39.5 Å². The van der Waals surface area contributed by atoms with Crippen LogP contribution in [0.5, 0.6) is 5.75 Å². The molecule has 3 nitrogen and oxygen atoms in total. The van der Waals surface area contributed by atoms with E-state index in [1.807, 2.05) is 12.1 Å². The van der Waals surface area contributed by atoms with Gasteiger partial charge >= 0.3 is 0 Å². The molecule has 0 aliphatic rings. The van der Waals surface area contributed by atoms with E-state index in [0.29, 0.717) is 27.4 Å². The third kappa shape index (κ3) is 5.29. The van der Waals surface area contributed by atoms with Crippen LogP contribution >= 0.6 is 34.8 Å². The molecule has 0 amide bonds. The fourth-order valence-corrected chi connectivity index (χ4v) is 2.10. The van der Waals surface area contributed by atoms with E-state index >= 15 is 0 Å². The van der Waals surface area contributed by atoms with E-state index in [1.165, 1.54) is 0 Å². The van der Waals surface area contributed by atoms with E-state index in [9.17, 15) is 5.11 Å². The Morgan fingerprint density at radius 2 is 1.67 bits per heavy atom. The minimum atomic E-state index is -0.685. The molecule has 0 bridgehead atoms. The van der Waals surface area contributed by atoms with Gasteiger partial charge in [-0.15, -0.1) is 0 Å². The molecule has 0 fully saturated rings. The van der Waals surface area contributed by atoms with E-state index in [2.05, 4.69) is 5.32 Å². The van der Waals surface area contributed by atoms with Gasteiger partial charge in [0.25, 0.3) is 0 Å². The SMILES string of the molecule is OC(CNc1ccc(Cl)cc1)COc1cc(Cl)ccc1Cl.